The van der Waals surface area contributed by atoms with Crippen molar-refractivity contribution in [3.8, 4) is 0 Å². The molecule has 6 nitrogen and oxygen atoms in total. The first-order valence-electron chi connectivity index (χ1n) is 39.4. The molecule has 2 atom stereocenters. The highest BCUT2D eigenvalue weighted by Gasteiger charge is 2.20. The van der Waals surface area contributed by atoms with Gasteiger partial charge in [0.2, 0.25) is 5.91 Å². The van der Waals surface area contributed by atoms with Crippen molar-refractivity contribution in [1.29, 1.82) is 0 Å². The van der Waals surface area contributed by atoms with Gasteiger partial charge in [-0.1, -0.05) is 405 Å². The van der Waals surface area contributed by atoms with E-state index in [2.05, 4.69) is 31.3 Å². The van der Waals surface area contributed by atoms with Crippen LogP contribution in [0.25, 0.3) is 0 Å². The third-order valence-corrected chi connectivity index (χ3v) is 18.8. The molecule has 0 fully saturated rings. The first-order valence-corrected chi connectivity index (χ1v) is 39.4. The van der Waals surface area contributed by atoms with E-state index in [4.69, 9.17) is 4.74 Å². The Labute approximate surface area is 533 Å². The molecule has 0 aromatic carbocycles. The number of hydrogen-bond acceptors (Lipinski definition) is 5. The Morgan fingerprint density at radius 3 is 0.835 bits per heavy atom. The zero-order valence-corrected chi connectivity index (χ0v) is 58.1. The highest BCUT2D eigenvalue weighted by atomic mass is 16.5. The summed E-state index contributed by atoms with van der Waals surface area (Å²) < 4.78 is 5.52. The lowest BCUT2D eigenvalue weighted by atomic mass is 10.0. The second kappa shape index (κ2) is 75.1. The molecule has 0 aliphatic heterocycles. The Balaban J connectivity index is 3.35. The van der Waals surface area contributed by atoms with Gasteiger partial charge in [0.1, 0.15) is 0 Å². The molecule has 506 valence electrons. The normalized spacial score (nSPS) is 12.5. The van der Waals surface area contributed by atoms with Gasteiger partial charge in [-0.05, 0) is 51.4 Å². The number of aliphatic hydroxyl groups is 2. The first kappa shape index (κ1) is 83.6. The van der Waals surface area contributed by atoms with Crippen molar-refractivity contribution in [3.63, 3.8) is 0 Å². The summed E-state index contributed by atoms with van der Waals surface area (Å²) >= 11 is 0. The molecular formula is C79H155NO5. The van der Waals surface area contributed by atoms with Crippen molar-refractivity contribution in [2.75, 3.05) is 13.2 Å². The van der Waals surface area contributed by atoms with Crippen LogP contribution in [0, 0.1) is 0 Å². The SMILES string of the molecule is CCCCCCCC/C=C\CCCCCCCCCCCC(=O)OCCCCCCCCCCCCCCCCCCCCCCCCCCC(=O)NC(CO)C(O)CCCCCCCCCCCCCCCCCCCCCCCCCCC. The predicted molar refractivity (Wildman–Crippen MR) is 375 cm³/mol. The Hall–Kier alpha value is -1.40. The molecule has 0 aliphatic rings. The van der Waals surface area contributed by atoms with Gasteiger partial charge >= 0.3 is 5.97 Å². The molecule has 1 amide bonds. The Morgan fingerprint density at radius 2 is 0.553 bits per heavy atom. The molecule has 2 unspecified atom stereocenters. The van der Waals surface area contributed by atoms with E-state index in [9.17, 15) is 19.8 Å². The third-order valence-electron chi connectivity index (χ3n) is 18.8. The zero-order chi connectivity index (χ0) is 61.3. The molecule has 3 N–H and O–H groups in total. The van der Waals surface area contributed by atoms with Gasteiger partial charge in [-0.3, -0.25) is 9.59 Å². The zero-order valence-electron chi connectivity index (χ0n) is 58.1. The minimum absolute atomic E-state index is 0.0167. The molecule has 0 spiro atoms. The standard InChI is InChI=1S/C79H155NO5/c1-3-5-7-9-11-13-15-17-19-21-23-24-25-26-29-32-36-39-43-47-51-55-59-63-67-71-77(82)76(75-81)80-78(83)72-68-64-60-56-52-48-44-40-37-33-30-27-28-31-34-38-42-46-50-54-58-62-66-70-74-85-79(84)73-69-65-61-57-53-49-45-41-35-22-20-18-16-14-12-10-8-6-4-2/h18,20,76-77,81-82H,3-17,19,21-75H2,1-2H3,(H,80,83)/b20-18-. The first-order chi connectivity index (χ1) is 42.0. The van der Waals surface area contributed by atoms with Crippen molar-refractivity contribution >= 4 is 11.9 Å². The summed E-state index contributed by atoms with van der Waals surface area (Å²) in [7, 11) is 0. The molecule has 0 rings (SSSR count). The summed E-state index contributed by atoms with van der Waals surface area (Å²) in [5, 5.41) is 23.5. The van der Waals surface area contributed by atoms with Gasteiger partial charge in [-0.2, -0.15) is 0 Å². The van der Waals surface area contributed by atoms with Gasteiger partial charge in [0.15, 0.2) is 0 Å². The molecule has 0 aromatic heterocycles. The van der Waals surface area contributed by atoms with E-state index in [-0.39, 0.29) is 18.5 Å². The van der Waals surface area contributed by atoms with Crippen LogP contribution in [0.5, 0.6) is 0 Å². The maximum atomic E-state index is 12.6. The van der Waals surface area contributed by atoms with Gasteiger partial charge in [-0.15, -0.1) is 0 Å². The number of carbonyl (C=O) groups excluding carboxylic acids is 2. The number of allylic oxidation sites excluding steroid dienone is 2. The lowest BCUT2D eigenvalue weighted by molar-refractivity contribution is -0.143. The largest absolute Gasteiger partial charge is 0.466 e. The molecule has 0 radical (unpaired) electrons. The van der Waals surface area contributed by atoms with Crippen LogP contribution >= 0.6 is 0 Å². The number of hydrogen-bond donors (Lipinski definition) is 3. The fourth-order valence-corrected chi connectivity index (χ4v) is 12.8. The molecule has 0 saturated heterocycles. The summed E-state index contributed by atoms with van der Waals surface area (Å²) in [6, 6.07) is -0.542. The smallest absolute Gasteiger partial charge is 0.305 e. The Bertz CT molecular complexity index is 1290. The quantitative estimate of drug-likeness (QED) is 0.0320. The monoisotopic (exact) mass is 1200 g/mol. The van der Waals surface area contributed by atoms with E-state index in [1.165, 1.54) is 385 Å². The Morgan fingerprint density at radius 1 is 0.318 bits per heavy atom. The van der Waals surface area contributed by atoms with Gasteiger partial charge in [0.05, 0.1) is 25.4 Å². The fourth-order valence-electron chi connectivity index (χ4n) is 12.8. The van der Waals surface area contributed by atoms with Crippen molar-refractivity contribution in [3.05, 3.63) is 12.2 Å². The lowest BCUT2D eigenvalue weighted by Crippen LogP contribution is -2.45. The van der Waals surface area contributed by atoms with Crippen LogP contribution in [0.3, 0.4) is 0 Å². The average Bonchev–Trinajstić information content (AvgIpc) is 3.51. The summed E-state index contributed by atoms with van der Waals surface area (Å²) in [4.78, 5) is 24.7. The van der Waals surface area contributed by atoms with E-state index >= 15 is 0 Å². The number of nitrogens with one attached hydrogen (secondary N) is 1. The molecule has 0 saturated carbocycles. The lowest BCUT2D eigenvalue weighted by Gasteiger charge is -2.22. The number of ether oxygens (including phenoxy) is 1. The topological polar surface area (TPSA) is 95.9 Å². The number of aliphatic hydroxyl groups excluding tert-OH is 2. The van der Waals surface area contributed by atoms with Crippen LogP contribution in [0.15, 0.2) is 12.2 Å². The van der Waals surface area contributed by atoms with Crippen molar-refractivity contribution in [2.24, 2.45) is 0 Å². The third kappa shape index (κ3) is 71.6. The summed E-state index contributed by atoms with van der Waals surface area (Å²) in [5.41, 5.74) is 0. The molecule has 6 heteroatoms. The second-order valence-corrected chi connectivity index (χ2v) is 27.4. The van der Waals surface area contributed by atoms with Crippen LogP contribution in [-0.2, 0) is 14.3 Å². The maximum absolute atomic E-state index is 12.6. The summed E-state index contributed by atoms with van der Waals surface area (Å²) in [6.45, 7) is 5.01. The highest BCUT2D eigenvalue weighted by Crippen LogP contribution is 2.20. The fraction of sp³-hybridized carbons (Fsp3) is 0.949. The second-order valence-electron chi connectivity index (χ2n) is 27.4. The molecule has 85 heavy (non-hydrogen) atoms. The highest BCUT2D eigenvalue weighted by molar-refractivity contribution is 5.76. The summed E-state index contributed by atoms with van der Waals surface area (Å²) in [5.74, 6) is -0.0108. The number of amides is 1. The number of rotatable bonds is 75. The van der Waals surface area contributed by atoms with Crippen molar-refractivity contribution in [2.45, 2.75) is 469 Å². The van der Waals surface area contributed by atoms with E-state index in [0.717, 1.165) is 38.5 Å². The van der Waals surface area contributed by atoms with Gasteiger partial charge in [0.25, 0.3) is 0 Å². The van der Waals surface area contributed by atoms with Gasteiger partial charge in [0, 0.05) is 12.8 Å². The number of esters is 1. The van der Waals surface area contributed by atoms with Gasteiger partial charge in [-0.25, -0.2) is 0 Å². The van der Waals surface area contributed by atoms with E-state index in [1.54, 1.807) is 0 Å². The average molecular weight is 1200 g/mol. The van der Waals surface area contributed by atoms with Crippen LogP contribution in [0.1, 0.15) is 457 Å². The van der Waals surface area contributed by atoms with Crippen LogP contribution < -0.4 is 5.32 Å². The van der Waals surface area contributed by atoms with Gasteiger partial charge < -0.3 is 20.3 Å². The predicted octanol–water partition coefficient (Wildman–Crippen LogP) is 25.9. The maximum Gasteiger partial charge on any atom is 0.305 e. The minimum Gasteiger partial charge on any atom is -0.466 e. The molecule has 0 aromatic rings. The van der Waals surface area contributed by atoms with Crippen LogP contribution in [0.4, 0.5) is 0 Å². The van der Waals surface area contributed by atoms with E-state index < -0.39 is 12.1 Å². The Kier molecular flexibility index (Phi) is 73.8. The molecule has 0 bridgehead atoms. The number of unbranched alkanes of at least 4 members (excludes halogenated alkanes) is 62. The summed E-state index contributed by atoms with van der Waals surface area (Å²) in [6.07, 6.45) is 94.3. The van der Waals surface area contributed by atoms with E-state index in [1.807, 2.05) is 0 Å². The van der Waals surface area contributed by atoms with Crippen molar-refractivity contribution in [1.82, 2.24) is 5.32 Å². The van der Waals surface area contributed by atoms with E-state index in [0.29, 0.717) is 25.9 Å². The van der Waals surface area contributed by atoms with Crippen LogP contribution in [0.2, 0.25) is 0 Å². The number of carbonyl (C=O) groups is 2. The molecular weight excluding hydrogens is 1040 g/mol. The van der Waals surface area contributed by atoms with Crippen LogP contribution in [-0.4, -0.2) is 47.4 Å². The van der Waals surface area contributed by atoms with Crippen molar-refractivity contribution < 1.29 is 24.5 Å². The minimum atomic E-state index is -0.665. The molecule has 0 aliphatic carbocycles. The molecule has 0 heterocycles.